The topological polar surface area (TPSA) is 149 Å². The van der Waals surface area contributed by atoms with Crippen LogP contribution >= 0.6 is 0 Å². The number of ether oxygens (including phenoxy) is 2. The average molecular weight is 373 g/mol. The maximum Gasteiger partial charge on any atom is 0.203 e. The van der Waals surface area contributed by atoms with Crippen molar-refractivity contribution >= 4 is 17.0 Å². The Hall–Kier alpha value is -2.79. The fourth-order valence-electron chi connectivity index (χ4n) is 3.45. The van der Waals surface area contributed by atoms with Crippen LogP contribution in [-0.4, -0.2) is 66.9 Å². The molecule has 0 amide bonds. The third-order valence-electron chi connectivity index (χ3n) is 4.84. The van der Waals surface area contributed by atoms with Gasteiger partial charge < -0.3 is 30.5 Å². The van der Waals surface area contributed by atoms with Crippen molar-refractivity contribution in [2.45, 2.75) is 24.0 Å². The standard InChI is InChI=1S/C17H19N5O5/c1-26-10-4-2-9(3-5-10)17(14(25)13(24)11(6-23)27-17)22-8-21-12-15(18)19-7-20-16(12)22/h2-5,7-8,11,13-14,23-25H,6H2,1H3,(H2,18,19,20)/t11-,13-,14-,17-/m1/s1. The van der Waals surface area contributed by atoms with E-state index in [1.165, 1.54) is 17.2 Å². The molecule has 10 nitrogen and oxygen atoms in total. The number of hydrogen-bond donors (Lipinski definition) is 4. The average Bonchev–Trinajstić information content (AvgIpc) is 3.24. The van der Waals surface area contributed by atoms with Crippen molar-refractivity contribution in [1.82, 2.24) is 19.5 Å². The molecule has 0 spiro atoms. The number of aliphatic hydroxyl groups is 3. The Balaban J connectivity index is 1.97. The van der Waals surface area contributed by atoms with Crippen molar-refractivity contribution in [3.05, 3.63) is 42.5 Å². The highest BCUT2D eigenvalue weighted by atomic mass is 16.6. The fraction of sp³-hybridized carbons (Fsp3) is 0.353. The van der Waals surface area contributed by atoms with Gasteiger partial charge in [-0.1, -0.05) is 12.1 Å². The van der Waals surface area contributed by atoms with Gasteiger partial charge in [-0.2, -0.15) is 0 Å². The molecule has 0 aliphatic carbocycles. The van der Waals surface area contributed by atoms with Gasteiger partial charge in [0.15, 0.2) is 11.5 Å². The second-order valence-electron chi connectivity index (χ2n) is 6.24. The zero-order valence-electron chi connectivity index (χ0n) is 14.4. The van der Waals surface area contributed by atoms with E-state index in [0.29, 0.717) is 22.5 Å². The number of methoxy groups -OCH3 is 1. The summed E-state index contributed by atoms with van der Waals surface area (Å²) >= 11 is 0. The predicted octanol–water partition coefficient (Wildman–Crippen LogP) is -0.769. The number of nitrogens with zero attached hydrogens (tertiary/aromatic N) is 4. The quantitative estimate of drug-likeness (QED) is 0.462. The van der Waals surface area contributed by atoms with Crippen LogP contribution in [0.3, 0.4) is 0 Å². The molecule has 0 saturated carbocycles. The van der Waals surface area contributed by atoms with Gasteiger partial charge in [-0.25, -0.2) is 15.0 Å². The third-order valence-corrected chi connectivity index (χ3v) is 4.84. The highest BCUT2D eigenvalue weighted by Gasteiger charge is 2.57. The van der Waals surface area contributed by atoms with Crippen molar-refractivity contribution in [3.8, 4) is 5.75 Å². The number of hydrogen-bond acceptors (Lipinski definition) is 9. The summed E-state index contributed by atoms with van der Waals surface area (Å²) < 4.78 is 12.7. The minimum atomic E-state index is -1.57. The van der Waals surface area contributed by atoms with Gasteiger partial charge in [0.2, 0.25) is 5.72 Å². The Labute approximate surface area is 153 Å². The van der Waals surface area contributed by atoms with Gasteiger partial charge in [-0.3, -0.25) is 4.57 Å². The molecular weight excluding hydrogens is 354 g/mol. The van der Waals surface area contributed by atoms with Gasteiger partial charge in [0.1, 0.15) is 35.9 Å². The van der Waals surface area contributed by atoms with Crippen LogP contribution in [0.1, 0.15) is 5.56 Å². The summed E-state index contributed by atoms with van der Waals surface area (Å²) in [5.41, 5.74) is 5.47. The lowest BCUT2D eigenvalue weighted by Gasteiger charge is -2.34. The molecule has 1 aliphatic rings. The largest absolute Gasteiger partial charge is 0.497 e. The van der Waals surface area contributed by atoms with E-state index in [1.807, 2.05) is 0 Å². The SMILES string of the molecule is COc1ccc([C@@]2(n3cnc4c(N)ncnc43)O[C@H](CO)[C@@H](O)[C@H]2O)cc1. The van der Waals surface area contributed by atoms with Crippen LogP contribution in [0.25, 0.3) is 11.2 Å². The molecule has 0 bridgehead atoms. The smallest absolute Gasteiger partial charge is 0.203 e. The first-order chi connectivity index (χ1) is 13.0. The molecule has 10 heteroatoms. The van der Waals surface area contributed by atoms with Crippen LogP contribution in [0, 0.1) is 0 Å². The van der Waals surface area contributed by atoms with Crippen molar-refractivity contribution in [3.63, 3.8) is 0 Å². The maximum absolute atomic E-state index is 10.9. The molecule has 1 aromatic carbocycles. The van der Waals surface area contributed by atoms with Crippen LogP contribution in [0.15, 0.2) is 36.9 Å². The first-order valence-electron chi connectivity index (χ1n) is 8.26. The maximum atomic E-state index is 10.9. The highest BCUT2D eigenvalue weighted by Crippen LogP contribution is 2.43. The number of nitrogens with two attached hydrogens (primary N) is 1. The molecule has 4 atom stereocenters. The predicted molar refractivity (Wildman–Crippen MR) is 93.8 cm³/mol. The number of rotatable bonds is 4. The second kappa shape index (κ2) is 6.43. The Morgan fingerprint density at radius 1 is 1.22 bits per heavy atom. The zero-order valence-corrected chi connectivity index (χ0v) is 14.4. The molecule has 1 fully saturated rings. The summed E-state index contributed by atoms with van der Waals surface area (Å²) in [6.07, 6.45) is -1.04. The van der Waals surface area contributed by atoms with Crippen molar-refractivity contribution < 1.29 is 24.8 Å². The minimum Gasteiger partial charge on any atom is -0.497 e. The number of benzene rings is 1. The molecule has 142 valence electrons. The second-order valence-corrected chi connectivity index (χ2v) is 6.24. The molecule has 3 heterocycles. The van der Waals surface area contributed by atoms with Crippen molar-refractivity contribution in [2.24, 2.45) is 0 Å². The first kappa shape index (κ1) is 17.6. The molecule has 1 aliphatic heterocycles. The van der Waals surface area contributed by atoms with Gasteiger partial charge in [-0.15, -0.1) is 0 Å². The number of aliphatic hydroxyl groups excluding tert-OH is 3. The third kappa shape index (κ3) is 2.46. The number of fused-ring (bicyclic) bond motifs is 1. The Morgan fingerprint density at radius 3 is 2.59 bits per heavy atom. The fourth-order valence-corrected chi connectivity index (χ4v) is 3.45. The molecule has 4 rings (SSSR count). The zero-order chi connectivity index (χ0) is 19.2. The molecule has 5 N–H and O–H groups in total. The minimum absolute atomic E-state index is 0.176. The van der Waals surface area contributed by atoms with Crippen LogP contribution < -0.4 is 10.5 Å². The van der Waals surface area contributed by atoms with Gasteiger partial charge >= 0.3 is 0 Å². The summed E-state index contributed by atoms with van der Waals surface area (Å²) in [7, 11) is 1.54. The van der Waals surface area contributed by atoms with E-state index in [2.05, 4.69) is 15.0 Å². The van der Waals surface area contributed by atoms with E-state index in [4.69, 9.17) is 15.2 Å². The normalized spacial score (nSPS) is 27.9. The molecule has 2 aromatic heterocycles. The number of aromatic nitrogens is 4. The van der Waals surface area contributed by atoms with E-state index in [-0.39, 0.29) is 5.82 Å². The molecule has 0 radical (unpaired) electrons. The number of nitrogen functional groups attached to an aromatic ring is 1. The first-order valence-corrected chi connectivity index (χ1v) is 8.26. The van der Waals surface area contributed by atoms with Crippen LogP contribution in [-0.2, 0) is 10.5 Å². The van der Waals surface area contributed by atoms with Gasteiger partial charge in [0.25, 0.3) is 0 Å². The van der Waals surface area contributed by atoms with E-state index in [0.717, 1.165) is 0 Å². The molecule has 27 heavy (non-hydrogen) atoms. The highest BCUT2D eigenvalue weighted by molar-refractivity contribution is 5.81. The molecular formula is C17H19N5O5. The van der Waals surface area contributed by atoms with Crippen LogP contribution in [0.4, 0.5) is 5.82 Å². The van der Waals surface area contributed by atoms with E-state index >= 15 is 0 Å². The molecule has 0 unspecified atom stereocenters. The van der Waals surface area contributed by atoms with E-state index in [1.54, 1.807) is 31.4 Å². The van der Waals surface area contributed by atoms with Crippen LogP contribution in [0.5, 0.6) is 5.75 Å². The lowest BCUT2D eigenvalue weighted by Crippen LogP contribution is -2.46. The Morgan fingerprint density at radius 2 is 1.96 bits per heavy atom. The number of anilines is 1. The van der Waals surface area contributed by atoms with Gasteiger partial charge in [0, 0.05) is 5.56 Å². The van der Waals surface area contributed by atoms with Gasteiger partial charge in [-0.05, 0) is 12.1 Å². The monoisotopic (exact) mass is 373 g/mol. The summed E-state index contributed by atoms with van der Waals surface area (Å²) in [6, 6.07) is 6.80. The van der Waals surface area contributed by atoms with Crippen molar-refractivity contribution in [2.75, 3.05) is 19.5 Å². The lowest BCUT2D eigenvalue weighted by molar-refractivity contribution is -0.115. The van der Waals surface area contributed by atoms with Crippen molar-refractivity contribution in [1.29, 1.82) is 0 Å². The number of imidazole rings is 1. The lowest BCUT2D eigenvalue weighted by atomic mass is 9.94. The summed E-state index contributed by atoms with van der Waals surface area (Å²) in [5.74, 6) is 0.790. The van der Waals surface area contributed by atoms with E-state index in [9.17, 15) is 15.3 Å². The Kier molecular flexibility index (Phi) is 4.19. The van der Waals surface area contributed by atoms with Crippen LogP contribution in [0.2, 0.25) is 0 Å². The summed E-state index contributed by atoms with van der Waals surface area (Å²) in [4.78, 5) is 12.4. The summed E-state index contributed by atoms with van der Waals surface area (Å²) in [5, 5.41) is 31.0. The molecule has 3 aromatic rings. The van der Waals surface area contributed by atoms with Gasteiger partial charge in [0.05, 0.1) is 20.0 Å². The summed E-state index contributed by atoms with van der Waals surface area (Å²) in [6.45, 7) is -0.472. The molecule has 1 saturated heterocycles. The van der Waals surface area contributed by atoms with E-state index < -0.39 is 30.6 Å². The Bertz CT molecular complexity index is 962.